The van der Waals surface area contributed by atoms with Crippen molar-refractivity contribution >= 4 is 17.5 Å². The number of anilines is 1. The van der Waals surface area contributed by atoms with E-state index in [-0.39, 0.29) is 37.1 Å². The Labute approximate surface area is 153 Å². The van der Waals surface area contributed by atoms with Crippen molar-refractivity contribution in [3.05, 3.63) is 40.2 Å². The van der Waals surface area contributed by atoms with Gasteiger partial charge in [0.05, 0.1) is 26.3 Å². The summed E-state index contributed by atoms with van der Waals surface area (Å²) >= 11 is 0. The first-order valence-electron chi connectivity index (χ1n) is 8.39. The van der Waals surface area contributed by atoms with Gasteiger partial charge in [-0.2, -0.15) is 0 Å². The topological polar surface area (TPSA) is 122 Å². The fourth-order valence-electron chi connectivity index (χ4n) is 2.90. The SMILES string of the molecule is O=C1COCCN1c1ccc(CO[C@@H]2COc3nc([N+](=O)[O-])cn3C2)cn1. The van der Waals surface area contributed by atoms with Crippen LogP contribution in [0, 0.1) is 10.1 Å². The van der Waals surface area contributed by atoms with Crippen LogP contribution < -0.4 is 9.64 Å². The lowest BCUT2D eigenvalue weighted by atomic mass is 10.2. The van der Waals surface area contributed by atoms with Crippen LogP contribution in [0.5, 0.6) is 6.01 Å². The highest BCUT2D eigenvalue weighted by Gasteiger charge is 2.28. The van der Waals surface area contributed by atoms with Crippen LogP contribution in [0.25, 0.3) is 0 Å². The van der Waals surface area contributed by atoms with Crippen molar-refractivity contribution in [2.24, 2.45) is 0 Å². The highest BCUT2D eigenvalue weighted by Crippen LogP contribution is 2.23. The number of morpholine rings is 1. The smallest absolute Gasteiger partial charge is 0.414 e. The lowest BCUT2D eigenvalue weighted by Crippen LogP contribution is -2.42. The van der Waals surface area contributed by atoms with Gasteiger partial charge in [0, 0.05) is 11.2 Å². The Morgan fingerprint density at radius 2 is 2.30 bits per heavy atom. The maximum absolute atomic E-state index is 11.8. The van der Waals surface area contributed by atoms with E-state index < -0.39 is 4.92 Å². The number of carbonyl (C=O) groups excluding carboxylic acids is 1. The molecule has 1 atom stereocenters. The van der Waals surface area contributed by atoms with Crippen LogP contribution in [-0.4, -0.2) is 57.8 Å². The van der Waals surface area contributed by atoms with E-state index in [0.717, 1.165) is 5.56 Å². The van der Waals surface area contributed by atoms with Crippen molar-refractivity contribution < 1.29 is 23.9 Å². The Kier molecular flexibility index (Phi) is 4.69. The van der Waals surface area contributed by atoms with Crippen LogP contribution in [0.1, 0.15) is 5.56 Å². The Morgan fingerprint density at radius 1 is 1.41 bits per heavy atom. The lowest BCUT2D eigenvalue weighted by molar-refractivity contribution is -0.389. The van der Waals surface area contributed by atoms with Crippen molar-refractivity contribution in [3.8, 4) is 6.01 Å². The minimum absolute atomic E-state index is 0.0720. The molecule has 0 unspecified atom stereocenters. The molecule has 11 nitrogen and oxygen atoms in total. The van der Waals surface area contributed by atoms with E-state index in [2.05, 4.69) is 9.97 Å². The van der Waals surface area contributed by atoms with Crippen LogP contribution in [0.15, 0.2) is 24.5 Å². The number of pyridine rings is 1. The van der Waals surface area contributed by atoms with Gasteiger partial charge >= 0.3 is 11.8 Å². The molecule has 0 bridgehead atoms. The number of aromatic nitrogens is 3. The molecule has 1 amide bonds. The van der Waals surface area contributed by atoms with Crippen LogP contribution >= 0.6 is 0 Å². The normalized spacial score (nSPS) is 19.5. The number of amides is 1. The number of nitrogens with zero attached hydrogens (tertiary/aromatic N) is 5. The summed E-state index contributed by atoms with van der Waals surface area (Å²) < 4.78 is 17.9. The van der Waals surface area contributed by atoms with Gasteiger partial charge in [0.25, 0.3) is 5.91 Å². The highest BCUT2D eigenvalue weighted by atomic mass is 16.6. The van der Waals surface area contributed by atoms with Crippen LogP contribution in [0.3, 0.4) is 0 Å². The van der Waals surface area contributed by atoms with Crippen LogP contribution in [0.4, 0.5) is 11.6 Å². The van der Waals surface area contributed by atoms with E-state index in [9.17, 15) is 14.9 Å². The zero-order valence-electron chi connectivity index (χ0n) is 14.3. The van der Waals surface area contributed by atoms with Gasteiger partial charge in [-0.05, 0) is 16.6 Å². The van der Waals surface area contributed by atoms with Crippen molar-refractivity contribution in [2.45, 2.75) is 19.3 Å². The van der Waals surface area contributed by atoms with E-state index in [1.54, 1.807) is 21.7 Å². The van der Waals surface area contributed by atoms with E-state index in [1.165, 1.54) is 6.20 Å². The first-order valence-corrected chi connectivity index (χ1v) is 8.39. The molecule has 2 aliphatic heterocycles. The number of carbonyl (C=O) groups is 1. The fraction of sp³-hybridized carbons (Fsp3) is 0.438. The number of rotatable bonds is 5. The molecular formula is C16H17N5O6. The summed E-state index contributed by atoms with van der Waals surface area (Å²) in [6, 6.07) is 3.85. The standard InChI is InChI=1S/C16H17N5O6/c22-15-10-25-4-3-20(15)13-2-1-11(5-17-13)8-26-12-6-19-7-14(21(23)24)18-16(19)27-9-12/h1-2,5,7,12H,3-4,6,8-10H2/t12-/m0/s1. The zero-order chi connectivity index (χ0) is 18.8. The molecule has 1 saturated heterocycles. The average molecular weight is 375 g/mol. The highest BCUT2D eigenvalue weighted by molar-refractivity contribution is 5.93. The molecule has 27 heavy (non-hydrogen) atoms. The molecule has 2 aliphatic rings. The number of ether oxygens (including phenoxy) is 3. The van der Waals surface area contributed by atoms with Gasteiger partial charge in [0.15, 0.2) is 0 Å². The van der Waals surface area contributed by atoms with Gasteiger partial charge in [-0.3, -0.25) is 14.3 Å². The summed E-state index contributed by atoms with van der Waals surface area (Å²) in [6.07, 6.45) is 2.74. The summed E-state index contributed by atoms with van der Waals surface area (Å²) in [5.41, 5.74) is 0.849. The second-order valence-corrected chi connectivity index (χ2v) is 6.16. The molecule has 0 radical (unpaired) electrons. The molecule has 4 heterocycles. The molecule has 2 aromatic rings. The van der Waals surface area contributed by atoms with Gasteiger partial charge in [-0.15, -0.1) is 0 Å². The van der Waals surface area contributed by atoms with Crippen molar-refractivity contribution in [3.63, 3.8) is 0 Å². The van der Waals surface area contributed by atoms with E-state index in [4.69, 9.17) is 14.2 Å². The first-order chi connectivity index (χ1) is 13.1. The van der Waals surface area contributed by atoms with E-state index in [1.807, 2.05) is 6.07 Å². The van der Waals surface area contributed by atoms with Gasteiger partial charge in [-0.1, -0.05) is 6.07 Å². The third-order valence-corrected chi connectivity index (χ3v) is 4.27. The molecule has 1 fully saturated rings. The van der Waals surface area contributed by atoms with Gasteiger partial charge in [0.1, 0.15) is 31.3 Å². The average Bonchev–Trinajstić information content (AvgIpc) is 3.11. The predicted molar refractivity (Wildman–Crippen MR) is 90.4 cm³/mol. The predicted octanol–water partition coefficient (Wildman–Crippen LogP) is 0.527. The molecule has 0 N–H and O–H groups in total. The molecule has 142 valence electrons. The van der Waals surface area contributed by atoms with Crippen molar-refractivity contribution in [1.29, 1.82) is 0 Å². The van der Waals surface area contributed by atoms with Crippen LogP contribution in [-0.2, 0) is 27.4 Å². The third kappa shape index (κ3) is 3.73. The lowest BCUT2D eigenvalue weighted by Gasteiger charge is -2.26. The van der Waals surface area contributed by atoms with Gasteiger partial charge < -0.3 is 24.3 Å². The number of fused-ring (bicyclic) bond motifs is 1. The molecule has 0 spiro atoms. The first kappa shape index (κ1) is 17.4. The summed E-state index contributed by atoms with van der Waals surface area (Å²) in [6.45, 7) is 2.05. The molecule has 0 saturated carbocycles. The third-order valence-electron chi connectivity index (χ3n) is 4.27. The maximum Gasteiger partial charge on any atom is 0.414 e. The Morgan fingerprint density at radius 3 is 3.04 bits per heavy atom. The van der Waals surface area contributed by atoms with E-state index >= 15 is 0 Å². The van der Waals surface area contributed by atoms with Crippen LogP contribution in [0.2, 0.25) is 0 Å². The summed E-state index contributed by atoms with van der Waals surface area (Å²) in [5.74, 6) is 0.230. The maximum atomic E-state index is 11.8. The van der Waals surface area contributed by atoms with Crippen molar-refractivity contribution in [1.82, 2.24) is 14.5 Å². The number of imidazole rings is 1. The molecule has 2 aromatic heterocycles. The number of nitro groups is 1. The molecule has 0 aromatic carbocycles. The minimum Gasteiger partial charge on any atom is -0.443 e. The number of hydrogen-bond acceptors (Lipinski definition) is 8. The van der Waals surface area contributed by atoms with Gasteiger partial charge in [0.2, 0.25) is 0 Å². The largest absolute Gasteiger partial charge is 0.443 e. The summed E-state index contributed by atoms with van der Waals surface area (Å²) in [5, 5.41) is 10.8. The fourth-order valence-corrected chi connectivity index (χ4v) is 2.90. The Hall–Kier alpha value is -3.05. The monoisotopic (exact) mass is 375 g/mol. The summed E-state index contributed by atoms with van der Waals surface area (Å²) in [4.78, 5) is 31.8. The minimum atomic E-state index is -0.559. The number of hydrogen-bond donors (Lipinski definition) is 0. The molecule has 0 aliphatic carbocycles. The van der Waals surface area contributed by atoms with Crippen molar-refractivity contribution in [2.75, 3.05) is 31.3 Å². The Bertz CT molecular complexity index is 851. The van der Waals surface area contributed by atoms with E-state index in [0.29, 0.717) is 32.1 Å². The quantitative estimate of drug-likeness (QED) is 0.548. The molecule has 4 rings (SSSR count). The Balaban J connectivity index is 1.33. The second kappa shape index (κ2) is 7.29. The van der Waals surface area contributed by atoms with Gasteiger partial charge in [-0.25, -0.2) is 4.98 Å². The second-order valence-electron chi connectivity index (χ2n) is 6.16. The summed E-state index contributed by atoms with van der Waals surface area (Å²) in [7, 11) is 0. The zero-order valence-corrected chi connectivity index (χ0v) is 14.3. The molecule has 11 heteroatoms. The molecular weight excluding hydrogens is 358 g/mol.